The van der Waals surface area contributed by atoms with E-state index in [4.69, 9.17) is 9.98 Å². The van der Waals surface area contributed by atoms with Crippen LogP contribution in [0.1, 0.15) is 93.5 Å². The summed E-state index contributed by atoms with van der Waals surface area (Å²) in [4.78, 5) is 42.7. The van der Waals surface area contributed by atoms with E-state index in [0.717, 1.165) is 56.3 Å². The van der Waals surface area contributed by atoms with Gasteiger partial charge in [-0.2, -0.15) is 0 Å². The third-order valence-corrected chi connectivity index (χ3v) is 10.9. The number of Topliss-reactive ketones (excluding diaryl/α,β-unsaturated/α-hetero) is 2. The zero-order valence-electron chi connectivity index (χ0n) is 30.5. The molecule has 0 saturated carbocycles. The number of anilines is 2. The molecule has 7 nitrogen and oxygen atoms in total. The van der Waals surface area contributed by atoms with Crippen LogP contribution < -0.4 is 9.80 Å². The number of carbonyl (C=O) groups excluding carboxylic acids is 2. The zero-order valence-corrected chi connectivity index (χ0v) is 30.5. The van der Waals surface area contributed by atoms with E-state index in [2.05, 4.69) is 84.3 Å². The molecule has 0 radical (unpaired) electrons. The highest BCUT2D eigenvalue weighted by atomic mass is 16.3. The molecule has 1 aromatic heterocycles. The summed E-state index contributed by atoms with van der Waals surface area (Å²) in [6, 6.07) is 20.8. The quantitative estimate of drug-likeness (QED) is 0.284. The van der Waals surface area contributed by atoms with Gasteiger partial charge < -0.3 is 14.9 Å². The predicted octanol–water partition coefficient (Wildman–Crippen LogP) is 8.45. The largest absolute Gasteiger partial charge is 0.512 e. The second kappa shape index (κ2) is 12.2. The van der Waals surface area contributed by atoms with Gasteiger partial charge in [-0.05, 0) is 69.8 Å². The molecule has 7 heteroatoms. The number of pyridine rings is 1. The molecule has 4 aliphatic rings. The van der Waals surface area contributed by atoms with Crippen LogP contribution in [-0.2, 0) is 9.59 Å². The molecule has 3 aliphatic carbocycles. The van der Waals surface area contributed by atoms with Crippen molar-refractivity contribution >= 4 is 28.7 Å². The van der Waals surface area contributed by atoms with Gasteiger partial charge in [0.15, 0.2) is 11.6 Å². The summed E-state index contributed by atoms with van der Waals surface area (Å²) in [5.41, 5.74) is 9.09. The molecule has 3 unspecified atom stereocenters. The van der Waals surface area contributed by atoms with Crippen molar-refractivity contribution in [1.29, 1.82) is 0 Å². The number of carbonyl (C=O) groups is 2. The molecule has 0 amide bonds. The maximum Gasteiger partial charge on any atom is 0.163 e. The summed E-state index contributed by atoms with van der Waals surface area (Å²) in [5, 5.41) is 11.7. The average Bonchev–Trinajstić information content (AvgIpc) is 3.04. The van der Waals surface area contributed by atoms with E-state index in [0.29, 0.717) is 31.3 Å². The van der Waals surface area contributed by atoms with Gasteiger partial charge in [-0.25, -0.2) is 0 Å². The highest BCUT2D eigenvalue weighted by molar-refractivity contribution is 6.18. The molecule has 0 spiro atoms. The lowest BCUT2D eigenvalue weighted by Gasteiger charge is -2.41. The molecule has 50 heavy (non-hydrogen) atoms. The minimum Gasteiger partial charge on any atom is -0.512 e. The van der Waals surface area contributed by atoms with Crippen LogP contribution in [0, 0.1) is 10.8 Å². The fourth-order valence-electron chi connectivity index (χ4n) is 8.53. The average molecular weight is 669 g/mol. The summed E-state index contributed by atoms with van der Waals surface area (Å²) in [6.45, 7) is 8.34. The highest BCUT2D eigenvalue weighted by Gasteiger charge is 2.47. The number of fused-ring (bicyclic) bond motifs is 3. The molecule has 3 atom stereocenters. The molecular formula is C43H48N4O3. The van der Waals surface area contributed by atoms with Crippen molar-refractivity contribution < 1.29 is 14.7 Å². The third kappa shape index (κ3) is 5.91. The van der Waals surface area contributed by atoms with E-state index in [1.807, 2.05) is 48.1 Å². The lowest BCUT2D eigenvalue weighted by Crippen LogP contribution is -2.36. The van der Waals surface area contributed by atoms with Crippen LogP contribution in [0.2, 0.25) is 0 Å². The predicted molar refractivity (Wildman–Crippen MR) is 201 cm³/mol. The van der Waals surface area contributed by atoms with Crippen molar-refractivity contribution in [1.82, 2.24) is 4.98 Å². The lowest BCUT2D eigenvalue weighted by molar-refractivity contribution is -0.119. The monoisotopic (exact) mass is 668 g/mol. The van der Waals surface area contributed by atoms with E-state index in [-0.39, 0.29) is 40.0 Å². The van der Waals surface area contributed by atoms with Crippen LogP contribution in [0.25, 0.3) is 0 Å². The number of aliphatic hydroxyl groups excluding tert-OH is 1. The van der Waals surface area contributed by atoms with E-state index < -0.39 is 5.92 Å². The minimum absolute atomic E-state index is 0.0297. The number of aliphatic imine (C=N–C) groups is 1. The van der Waals surface area contributed by atoms with E-state index in [1.54, 1.807) is 6.20 Å². The SMILES string of the molecule is CN(C)c1ccc(C2C3=CC(C(C4=C(O)CC(C)(C)CC4=O)c4ccc(N(C)C)cc4)c4cccnc4C3=NC3=C2C(=O)CC(C)(C)C3)cc1. The number of aliphatic hydroxyl groups is 1. The minimum atomic E-state index is -0.472. The van der Waals surface area contributed by atoms with Crippen molar-refractivity contribution in [3.05, 3.63) is 123 Å². The first-order valence-electron chi connectivity index (χ1n) is 17.7. The Hall–Kier alpha value is -4.78. The molecule has 1 N–H and O–H groups in total. The second-order valence-electron chi connectivity index (χ2n) is 16.5. The normalized spacial score (nSPS) is 23.0. The number of allylic oxidation sites excluding steroid dienone is 6. The molecule has 0 saturated heterocycles. The topological polar surface area (TPSA) is 86.1 Å². The first-order chi connectivity index (χ1) is 23.6. The summed E-state index contributed by atoms with van der Waals surface area (Å²) < 4.78 is 0. The van der Waals surface area contributed by atoms with Gasteiger partial charge in [-0.3, -0.25) is 19.6 Å². The number of hydrogen-bond acceptors (Lipinski definition) is 7. The zero-order chi connectivity index (χ0) is 35.7. The van der Waals surface area contributed by atoms with E-state index in [1.165, 1.54) is 0 Å². The molecule has 7 rings (SSSR count). The summed E-state index contributed by atoms with van der Waals surface area (Å²) >= 11 is 0. The van der Waals surface area contributed by atoms with Crippen molar-refractivity contribution in [2.24, 2.45) is 15.8 Å². The third-order valence-electron chi connectivity index (χ3n) is 10.9. The Kier molecular flexibility index (Phi) is 8.24. The van der Waals surface area contributed by atoms with Gasteiger partial charge in [0.1, 0.15) is 5.76 Å². The van der Waals surface area contributed by atoms with Crippen molar-refractivity contribution in [3.8, 4) is 0 Å². The Bertz CT molecular complexity index is 2010. The van der Waals surface area contributed by atoms with E-state index >= 15 is 0 Å². The molecule has 258 valence electrons. The van der Waals surface area contributed by atoms with Crippen molar-refractivity contribution in [3.63, 3.8) is 0 Å². The van der Waals surface area contributed by atoms with Crippen molar-refractivity contribution in [2.45, 2.75) is 71.1 Å². The van der Waals surface area contributed by atoms with Crippen LogP contribution in [0.15, 0.2) is 106 Å². The molecule has 1 aliphatic heterocycles. The molecule has 3 aromatic rings. The van der Waals surface area contributed by atoms with Gasteiger partial charge in [0, 0.05) is 99.6 Å². The second-order valence-corrected chi connectivity index (χ2v) is 16.5. The number of hydrogen-bond donors (Lipinski definition) is 1. The molecule has 0 fully saturated rings. The van der Waals surface area contributed by atoms with Gasteiger partial charge in [0.2, 0.25) is 0 Å². The summed E-state index contributed by atoms with van der Waals surface area (Å²) in [7, 11) is 8.06. The van der Waals surface area contributed by atoms with Crippen LogP contribution in [0.4, 0.5) is 11.4 Å². The molecule has 0 bridgehead atoms. The number of aromatic nitrogens is 1. The van der Waals surface area contributed by atoms with Crippen molar-refractivity contribution in [2.75, 3.05) is 38.0 Å². The highest BCUT2D eigenvalue weighted by Crippen LogP contribution is 2.54. The van der Waals surface area contributed by atoms with Gasteiger partial charge in [0.05, 0.1) is 11.4 Å². The van der Waals surface area contributed by atoms with Gasteiger partial charge in [-0.1, -0.05) is 64.1 Å². The first kappa shape index (κ1) is 33.7. The number of benzene rings is 2. The Morgan fingerprint density at radius 1 is 0.780 bits per heavy atom. The lowest BCUT2D eigenvalue weighted by atomic mass is 9.63. The van der Waals surface area contributed by atoms with Crippen LogP contribution in [0.3, 0.4) is 0 Å². The summed E-state index contributed by atoms with van der Waals surface area (Å²) in [5.74, 6) is -0.898. The van der Waals surface area contributed by atoms with Crippen LogP contribution in [0.5, 0.6) is 0 Å². The van der Waals surface area contributed by atoms with Gasteiger partial charge >= 0.3 is 0 Å². The number of nitrogens with zero attached hydrogens (tertiary/aromatic N) is 4. The molecular weight excluding hydrogens is 620 g/mol. The Morgan fingerprint density at radius 2 is 1.38 bits per heavy atom. The Labute approximate surface area is 296 Å². The first-order valence-corrected chi connectivity index (χ1v) is 17.7. The Balaban J connectivity index is 1.49. The molecule has 2 heterocycles. The van der Waals surface area contributed by atoms with Gasteiger partial charge in [0.25, 0.3) is 0 Å². The van der Waals surface area contributed by atoms with E-state index in [9.17, 15) is 14.7 Å². The van der Waals surface area contributed by atoms with Gasteiger partial charge in [-0.15, -0.1) is 0 Å². The standard InChI is InChI=1S/C43H48N4O3/c1-42(2)21-32-38(33(48)22-42)37(26-13-17-28(18-14-26)47(7)8)31-20-30(29-10-9-19-44-40(29)41(31)45-32)36(25-11-15-27(16-12-25)46(5)6)39-34(49)23-43(3,4)24-35(39)50/h9-20,30,36-37,49H,21-24H2,1-8H3. The number of rotatable bonds is 6. The number of ketones is 2. The Morgan fingerprint density at radius 3 is 2.00 bits per heavy atom. The fraction of sp³-hybridized carbons (Fsp3) is 0.395. The molecule has 2 aromatic carbocycles. The summed E-state index contributed by atoms with van der Waals surface area (Å²) in [6.07, 6.45) is 5.98. The van der Waals surface area contributed by atoms with Crippen LogP contribution >= 0.6 is 0 Å². The van der Waals surface area contributed by atoms with Crippen LogP contribution in [-0.4, -0.2) is 55.6 Å². The smallest absolute Gasteiger partial charge is 0.163 e. The fourth-order valence-corrected chi connectivity index (χ4v) is 8.53. The maximum atomic E-state index is 14.2. The maximum absolute atomic E-state index is 14.2.